The molecule has 0 N–H and O–H groups in total. The maximum absolute atomic E-state index is 13.5. The maximum atomic E-state index is 13.5. The van der Waals surface area contributed by atoms with E-state index >= 15 is 0 Å². The van der Waals surface area contributed by atoms with Crippen molar-refractivity contribution in [2.24, 2.45) is 5.92 Å². The zero-order valence-corrected chi connectivity index (χ0v) is 14.8. The smallest absolute Gasteiger partial charge is 0.254 e. The number of rotatable bonds is 4. The Kier molecular flexibility index (Phi) is 5.39. The van der Waals surface area contributed by atoms with Crippen molar-refractivity contribution in [2.45, 2.75) is 38.2 Å². The SMILES string of the molecule is COCC[C@@H]1CCOC12CCN(C(=O)c1cc(F)c(F)cc1C)CC2. The standard InChI is InChI=1S/C19H25F2NO3/c1-13-11-16(20)17(21)12-15(13)18(23)22-7-5-19(6-8-22)14(3-9-24-2)4-10-25-19/h11-12,14H,3-10H2,1-2H3/t14-/m1/s1. The van der Waals surface area contributed by atoms with Crippen LogP contribution in [-0.2, 0) is 9.47 Å². The zero-order chi connectivity index (χ0) is 18.0. The van der Waals surface area contributed by atoms with Crippen molar-refractivity contribution >= 4 is 5.91 Å². The molecule has 2 heterocycles. The number of piperidine rings is 1. The van der Waals surface area contributed by atoms with Crippen LogP contribution in [0.15, 0.2) is 12.1 Å². The first-order valence-electron chi connectivity index (χ1n) is 8.84. The van der Waals surface area contributed by atoms with E-state index in [9.17, 15) is 13.6 Å². The number of amides is 1. The lowest BCUT2D eigenvalue weighted by Crippen LogP contribution is -2.49. The second kappa shape index (κ2) is 7.38. The Morgan fingerprint density at radius 2 is 2.00 bits per heavy atom. The first-order chi connectivity index (χ1) is 12.0. The van der Waals surface area contributed by atoms with Crippen molar-refractivity contribution in [3.63, 3.8) is 0 Å². The minimum absolute atomic E-state index is 0.168. The summed E-state index contributed by atoms with van der Waals surface area (Å²) in [5.41, 5.74) is 0.524. The molecule has 1 aromatic carbocycles. The number of nitrogens with zero attached hydrogens (tertiary/aromatic N) is 1. The van der Waals surface area contributed by atoms with Crippen LogP contribution in [0.2, 0.25) is 0 Å². The highest BCUT2D eigenvalue weighted by Crippen LogP contribution is 2.42. The molecule has 6 heteroatoms. The van der Waals surface area contributed by atoms with Gasteiger partial charge in [0.15, 0.2) is 11.6 Å². The minimum Gasteiger partial charge on any atom is -0.385 e. The average Bonchev–Trinajstić information content (AvgIpc) is 2.98. The molecule has 0 aliphatic carbocycles. The van der Waals surface area contributed by atoms with E-state index in [-0.39, 0.29) is 17.1 Å². The van der Waals surface area contributed by atoms with E-state index in [4.69, 9.17) is 9.47 Å². The van der Waals surface area contributed by atoms with Crippen LogP contribution in [0, 0.1) is 24.5 Å². The molecule has 1 spiro atoms. The summed E-state index contributed by atoms with van der Waals surface area (Å²) in [4.78, 5) is 14.4. The number of hydrogen-bond acceptors (Lipinski definition) is 3. The molecular formula is C19H25F2NO3. The van der Waals surface area contributed by atoms with Crippen LogP contribution in [0.5, 0.6) is 0 Å². The largest absolute Gasteiger partial charge is 0.385 e. The predicted molar refractivity (Wildman–Crippen MR) is 89.5 cm³/mol. The Hall–Kier alpha value is -1.53. The van der Waals surface area contributed by atoms with E-state index in [2.05, 4.69) is 0 Å². The molecule has 0 saturated carbocycles. The van der Waals surface area contributed by atoms with Crippen molar-refractivity contribution in [1.82, 2.24) is 4.90 Å². The second-order valence-electron chi connectivity index (χ2n) is 7.05. The monoisotopic (exact) mass is 353 g/mol. The highest BCUT2D eigenvalue weighted by molar-refractivity contribution is 5.95. The fraction of sp³-hybridized carbons (Fsp3) is 0.632. The minimum atomic E-state index is -0.985. The van der Waals surface area contributed by atoms with Crippen molar-refractivity contribution < 1.29 is 23.0 Å². The van der Waals surface area contributed by atoms with E-state index in [1.165, 1.54) is 0 Å². The lowest BCUT2D eigenvalue weighted by atomic mass is 9.78. The van der Waals surface area contributed by atoms with E-state index in [0.29, 0.717) is 31.2 Å². The number of hydrogen-bond donors (Lipinski definition) is 0. The summed E-state index contributed by atoms with van der Waals surface area (Å²) >= 11 is 0. The Morgan fingerprint density at radius 1 is 1.32 bits per heavy atom. The van der Waals surface area contributed by atoms with Gasteiger partial charge in [-0.15, -0.1) is 0 Å². The molecule has 4 nitrogen and oxygen atoms in total. The fourth-order valence-electron chi connectivity index (χ4n) is 4.14. The van der Waals surface area contributed by atoms with Gasteiger partial charge in [0.25, 0.3) is 5.91 Å². The summed E-state index contributed by atoms with van der Waals surface area (Å²) in [5, 5.41) is 0. The predicted octanol–water partition coefficient (Wildman–Crippen LogP) is 3.32. The van der Waals surface area contributed by atoms with Crippen molar-refractivity contribution in [1.29, 1.82) is 0 Å². The van der Waals surface area contributed by atoms with E-state index in [1.807, 2.05) is 0 Å². The maximum Gasteiger partial charge on any atom is 0.254 e. The van der Waals surface area contributed by atoms with Gasteiger partial charge in [-0.3, -0.25) is 4.79 Å². The number of methoxy groups -OCH3 is 1. The Morgan fingerprint density at radius 3 is 2.68 bits per heavy atom. The van der Waals surface area contributed by atoms with Gasteiger partial charge < -0.3 is 14.4 Å². The van der Waals surface area contributed by atoms with Gasteiger partial charge in [-0.05, 0) is 56.2 Å². The third kappa shape index (κ3) is 3.55. The number of carbonyl (C=O) groups is 1. The molecule has 25 heavy (non-hydrogen) atoms. The summed E-state index contributed by atoms with van der Waals surface area (Å²) < 4.78 is 38.1. The van der Waals surface area contributed by atoms with Crippen LogP contribution < -0.4 is 0 Å². The van der Waals surface area contributed by atoms with Gasteiger partial charge >= 0.3 is 0 Å². The van der Waals surface area contributed by atoms with Gasteiger partial charge in [-0.2, -0.15) is 0 Å². The molecule has 1 aromatic rings. The van der Waals surface area contributed by atoms with Crippen molar-refractivity contribution in [3.05, 3.63) is 34.9 Å². The molecule has 2 saturated heterocycles. The Bertz CT molecular complexity index is 642. The van der Waals surface area contributed by atoms with Crippen LogP contribution in [0.3, 0.4) is 0 Å². The molecule has 2 aliphatic rings. The first-order valence-corrected chi connectivity index (χ1v) is 8.84. The van der Waals surface area contributed by atoms with Crippen LogP contribution in [0.1, 0.15) is 41.6 Å². The van der Waals surface area contributed by atoms with E-state index < -0.39 is 11.6 Å². The van der Waals surface area contributed by atoms with Crippen LogP contribution >= 0.6 is 0 Å². The zero-order valence-electron chi connectivity index (χ0n) is 14.8. The molecule has 0 aromatic heterocycles. The summed E-state index contributed by atoms with van der Waals surface area (Å²) in [6.45, 7) is 4.24. The summed E-state index contributed by atoms with van der Waals surface area (Å²) in [6.07, 6.45) is 3.54. The summed E-state index contributed by atoms with van der Waals surface area (Å²) in [7, 11) is 1.70. The van der Waals surface area contributed by atoms with E-state index in [0.717, 1.165) is 44.4 Å². The molecule has 0 unspecified atom stereocenters. The molecule has 2 fully saturated rings. The van der Waals surface area contributed by atoms with Crippen molar-refractivity contribution in [2.75, 3.05) is 33.4 Å². The molecule has 1 atom stereocenters. The van der Waals surface area contributed by atoms with Gasteiger partial charge in [0.05, 0.1) is 5.60 Å². The molecule has 0 bridgehead atoms. The number of ether oxygens (including phenoxy) is 2. The van der Waals surface area contributed by atoms with Gasteiger partial charge in [0, 0.05) is 39.0 Å². The first kappa shape index (κ1) is 18.3. The van der Waals surface area contributed by atoms with Crippen LogP contribution in [0.25, 0.3) is 0 Å². The lowest BCUT2D eigenvalue weighted by Gasteiger charge is -2.42. The van der Waals surface area contributed by atoms with Gasteiger partial charge in [0.1, 0.15) is 0 Å². The van der Waals surface area contributed by atoms with Gasteiger partial charge in [0.2, 0.25) is 0 Å². The molecule has 0 radical (unpaired) electrons. The molecule has 1 amide bonds. The van der Waals surface area contributed by atoms with Crippen LogP contribution in [-0.4, -0.2) is 49.8 Å². The quantitative estimate of drug-likeness (QED) is 0.834. The highest BCUT2D eigenvalue weighted by atomic mass is 19.2. The van der Waals surface area contributed by atoms with Crippen molar-refractivity contribution in [3.8, 4) is 0 Å². The second-order valence-corrected chi connectivity index (χ2v) is 7.05. The highest BCUT2D eigenvalue weighted by Gasteiger charge is 2.46. The Balaban J connectivity index is 1.68. The number of aryl methyl sites for hydroxylation is 1. The molecule has 3 rings (SSSR count). The number of likely N-dealkylation sites (tertiary alicyclic amines) is 1. The molecule has 2 aliphatic heterocycles. The summed E-state index contributed by atoms with van der Waals surface area (Å²) in [5.74, 6) is -1.69. The Labute approximate surface area is 147 Å². The third-order valence-electron chi connectivity index (χ3n) is 5.66. The third-order valence-corrected chi connectivity index (χ3v) is 5.66. The van der Waals surface area contributed by atoms with E-state index in [1.54, 1.807) is 18.9 Å². The molecular weight excluding hydrogens is 328 g/mol. The normalized spacial score (nSPS) is 22.6. The summed E-state index contributed by atoms with van der Waals surface area (Å²) in [6, 6.07) is 2.08. The number of carbonyl (C=O) groups excluding carboxylic acids is 1. The lowest BCUT2D eigenvalue weighted by molar-refractivity contribution is -0.0661. The average molecular weight is 353 g/mol. The molecule has 138 valence electrons. The topological polar surface area (TPSA) is 38.8 Å². The van der Waals surface area contributed by atoms with Crippen LogP contribution in [0.4, 0.5) is 8.78 Å². The number of benzene rings is 1. The fourth-order valence-corrected chi connectivity index (χ4v) is 4.14. The van der Waals surface area contributed by atoms with Gasteiger partial charge in [-0.1, -0.05) is 0 Å². The van der Waals surface area contributed by atoms with Gasteiger partial charge in [-0.25, -0.2) is 8.78 Å². The number of halogens is 2.